The zero-order valence-corrected chi connectivity index (χ0v) is 12.5. The molecule has 0 aliphatic carbocycles. The first-order chi connectivity index (χ1) is 11.0. The van der Waals surface area contributed by atoms with Crippen molar-refractivity contribution in [2.24, 2.45) is 0 Å². The van der Waals surface area contributed by atoms with Crippen LogP contribution in [0.5, 0.6) is 0 Å². The van der Waals surface area contributed by atoms with Crippen LogP contribution in [-0.4, -0.2) is 22.1 Å². The van der Waals surface area contributed by atoms with Gasteiger partial charge in [0, 0.05) is 17.8 Å². The summed E-state index contributed by atoms with van der Waals surface area (Å²) < 4.78 is 31.3. The maximum absolute atomic E-state index is 14.7. The molecule has 1 aromatic carbocycles. The molecule has 3 nitrogen and oxygen atoms in total. The lowest BCUT2D eigenvalue weighted by atomic mass is 9.86. The van der Waals surface area contributed by atoms with Crippen LogP contribution in [0.15, 0.2) is 54.4 Å². The second-order valence-corrected chi connectivity index (χ2v) is 5.78. The van der Waals surface area contributed by atoms with E-state index in [4.69, 9.17) is 16.9 Å². The second kappa shape index (κ2) is 4.67. The van der Waals surface area contributed by atoms with Crippen molar-refractivity contribution in [3.05, 3.63) is 76.2 Å². The van der Waals surface area contributed by atoms with Gasteiger partial charge >= 0.3 is 6.97 Å². The van der Waals surface area contributed by atoms with Gasteiger partial charge in [-0.3, -0.25) is 0 Å². The van der Waals surface area contributed by atoms with Crippen LogP contribution in [0.4, 0.5) is 8.63 Å². The Morgan fingerprint density at radius 1 is 1.26 bits per heavy atom. The fourth-order valence-corrected chi connectivity index (χ4v) is 3.24. The van der Waals surface area contributed by atoms with Crippen LogP contribution < -0.4 is 0 Å². The van der Waals surface area contributed by atoms with E-state index in [9.17, 15) is 8.63 Å². The smallest absolute Gasteiger partial charge is 0.396 e. The lowest BCUT2D eigenvalue weighted by Gasteiger charge is -2.30. The maximum atomic E-state index is 14.7. The first-order valence-corrected chi connectivity index (χ1v) is 7.36. The molecule has 0 amide bonds. The number of halogens is 3. The van der Waals surface area contributed by atoms with E-state index in [0.29, 0.717) is 33.1 Å². The van der Waals surface area contributed by atoms with Gasteiger partial charge in [0.15, 0.2) is 5.70 Å². The third-order valence-corrected chi connectivity index (χ3v) is 4.44. The number of nitrogens with zero attached hydrogens (tertiary/aromatic N) is 3. The van der Waals surface area contributed by atoms with Crippen molar-refractivity contribution < 1.29 is 13.1 Å². The number of benzene rings is 1. The van der Waals surface area contributed by atoms with E-state index < -0.39 is 6.97 Å². The van der Waals surface area contributed by atoms with E-state index in [-0.39, 0.29) is 0 Å². The molecule has 2 aliphatic heterocycles. The molecule has 0 atom stereocenters. The minimum atomic E-state index is -3.91. The van der Waals surface area contributed by atoms with Gasteiger partial charge in [-0.05, 0) is 36.0 Å². The fourth-order valence-electron chi connectivity index (χ4n) is 3.08. The predicted molar refractivity (Wildman–Crippen MR) is 85.5 cm³/mol. The Labute approximate surface area is 136 Å². The van der Waals surface area contributed by atoms with Gasteiger partial charge in [-0.15, -0.1) is 0 Å². The van der Waals surface area contributed by atoms with Crippen LogP contribution in [0, 0.1) is 11.3 Å². The molecule has 7 heteroatoms. The molecule has 23 heavy (non-hydrogen) atoms. The minimum Gasteiger partial charge on any atom is -0.396 e. The molecule has 2 aromatic rings. The largest absolute Gasteiger partial charge is 0.737 e. The summed E-state index contributed by atoms with van der Waals surface area (Å²) in [5, 5.41) is 9.50. The zero-order valence-electron chi connectivity index (χ0n) is 11.7. The van der Waals surface area contributed by atoms with Crippen molar-refractivity contribution in [1.29, 1.82) is 5.26 Å². The summed E-state index contributed by atoms with van der Waals surface area (Å²) in [7, 11) is 0. The number of fused-ring (bicyclic) bond motifs is 2. The van der Waals surface area contributed by atoms with Gasteiger partial charge in [-0.1, -0.05) is 17.7 Å². The normalized spacial score (nSPS) is 17.6. The molecule has 2 aliphatic rings. The van der Waals surface area contributed by atoms with Crippen LogP contribution in [0.2, 0.25) is 5.02 Å². The molecule has 0 saturated heterocycles. The van der Waals surface area contributed by atoms with Crippen LogP contribution in [-0.2, 0) is 0 Å². The highest BCUT2D eigenvalue weighted by atomic mass is 35.5. The molecular formula is C16H9BClF2N3. The van der Waals surface area contributed by atoms with E-state index in [1.807, 2.05) is 6.07 Å². The number of rotatable bonds is 1. The van der Waals surface area contributed by atoms with Gasteiger partial charge < -0.3 is 17.6 Å². The first kappa shape index (κ1) is 14.0. The van der Waals surface area contributed by atoms with E-state index in [1.54, 1.807) is 42.5 Å². The Morgan fingerprint density at radius 3 is 2.87 bits per heavy atom. The van der Waals surface area contributed by atoms with E-state index in [2.05, 4.69) is 0 Å². The minimum absolute atomic E-state index is 0.315. The monoisotopic (exact) mass is 327 g/mol. The lowest BCUT2D eigenvalue weighted by Crippen LogP contribution is -2.49. The molecule has 0 radical (unpaired) electrons. The maximum Gasteiger partial charge on any atom is 0.737 e. The third kappa shape index (κ3) is 1.84. The molecule has 112 valence electrons. The highest BCUT2D eigenvalue weighted by molar-refractivity contribution is 6.57. The summed E-state index contributed by atoms with van der Waals surface area (Å²) in [6.07, 6.45) is 6.00. The second-order valence-electron chi connectivity index (χ2n) is 5.37. The SMILES string of the molecule is N#Cc1cc(C2=C3C=CC=[N+]3[B-](F)(F)n3cccc32)ccc1Cl. The lowest BCUT2D eigenvalue weighted by molar-refractivity contribution is -0.356. The zero-order chi connectivity index (χ0) is 16.2. The average molecular weight is 328 g/mol. The van der Waals surface area contributed by atoms with Crippen molar-refractivity contribution in [2.75, 3.05) is 0 Å². The van der Waals surface area contributed by atoms with Crippen LogP contribution >= 0.6 is 11.6 Å². The van der Waals surface area contributed by atoms with E-state index in [1.165, 1.54) is 12.4 Å². The van der Waals surface area contributed by atoms with Crippen LogP contribution in [0.3, 0.4) is 0 Å². The Morgan fingerprint density at radius 2 is 2.09 bits per heavy atom. The molecule has 3 heterocycles. The average Bonchev–Trinajstić information content (AvgIpc) is 3.19. The number of hydrogen-bond donors (Lipinski definition) is 0. The quantitative estimate of drug-likeness (QED) is 0.736. The Hall–Kier alpha value is -2.65. The van der Waals surface area contributed by atoms with Crippen LogP contribution in [0.25, 0.3) is 5.57 Å². The third-order valence-electron chi connectivity index (χ3n) is 4.11. The van der Waals surface area contributed by atoms with Gasteiger partial charge in [-0.2, -0.15) is 5.26 Å². The molecule has 0 bridgehead atoms. The van der Waals surface area contributed by atoms with Crippen molar-refractivity contribution >= 4 is 30.4 Å². The Balaban J connectivity index is 2.04. The van der Waals surface area contributed by atoms with Gasteiger partial charge in [-0.25, -0.2) is 0 Å². The molecule has 0 unspecified atom stereocenters. The van der Waals surface area contributed by atoms with Crippen molar-refractivity contribution in [3.8, 4) is 6.07 Å². The highest BCUT2D eigenvalue weighted by Gasteiger charge is 2.51. The molecule has 0 spiro atoms. The van der Waals surface area contributed by atoms with Crippen LogP contribution in [0.1, 0.15) is 16.8 Å². The summed E-state index contributed by atoms with van der Waals surface area (Å²) in [6, 6.07) is 10.3. The molecule has 0 saturated carbocycles. The van der Waals surface area contributed by atoms with E-state index >= 15 is 0 Å². The summed E-state index contributed by atoms with van der Waals surface area (Å²) >= 11 is 5.98. The molecular weight excluding hydrogens is 318 g/mol. The predicted octanol–water partition coefficient (Wildman–Crippen LogP) is 3.66. The van der Waals surface area contributed by atoms with E-state index in [0.717, 1.165) is 8.96 Å². The van der Waals surface area contributed by atoms with Gasteiger partial charge in [0.1, 0.15) is 12.3 Å². The Kier molecular flexibility index (Phi) is 2.84. The summed E-state index contributed by atoms with van der Waals surface area (Å²) in [4.78, 5) is 0. The standard InChI is InChI=1S/C16H9BClF2N3/c18-13-6-5-11(9-12(13)10-21)16-14-3-1-7-22(14)17(19,20)23-8-2-4-15(16)23/h1-9H. The number of aromatic nitrogens is 1. The molecule has 4 rings (SSSR count). The number of hydrogen-bond acceptors (Lipinski definition) is 1. The summed E-state index contributed by atoms with van der Waals surface area (Å²) in [5.74, 6) is 0. The van der Waals surface area contributed by atoms with Crippen molar-refractivity contribution in [3.63, 3.8) is 0 Å². The highest BCUT2D eigenvalue weighted by Crippen LogP contribution is 2.38. The Bertz CT molecular complexity index is 979. The number of allylic oxidation sites excluding steroid dienone is 2. The fraction of sp³-hybridized carbons (Fsp3) is 0. The van der Waals surface area contributed by atoms with Gasteiger partial charge in [0.05, 0.1) is 16.2 Å². The van der Waals surface area contributed by atoms with Crippen molar-refractivity contribution in [2.45, 2.75) is 0 Å². The van der Waals surface area contributed by atoms with Gasteiger partial charge in [0.2, 0.25) is 0 Å². The number of nitriles is 1. The van der Waals surface area contributed by atoms with Crippen molar-refractivity contribution in [1.82, 2.24) is 4.48 Å². The summed E-state index contributed by atoms with van der Waals surface area (Å²) in [6.45, 7) is -3.91. The summed E-state index contributed by atoms with van der Waals surface area (Å²) in [5.41, 5.74) is 2.49. The molecule has 0 fully saturated rings. The first-order valence-electron chi connectivity index (χ1n) is 6.98. The molecule has 0 N–H and O–H groups in total. The molecule has 1 aromatic heterocycles. The topological polar surface area (TPSA) is 31.7 Å². The van der Waals surface area contributed by atoms with Gasteiger partial charge in [0.25, 0.3) is 0 Å².